The first-order valence-electron chi connectivity index (χ1n) is 13.5. The summed E-state index contributed by atoms with van der Waals surface area (Å²) >= 11 is 0. The molecular weight excluding hydrogens is 466 g/mol. The molecule has 2 aliphatic carbocycles. The highest BCUT2D eigenvalue weighted by atomic mass is 16.6. The topological polar surface area (TPSA) is 92.6 Å². The first-order valence-corrected chi connectivity index (χ1v) is 13.5. The number of nitro groups is 1. The number of nitrogens with zero attached hydrogens (tertiary/aromatic N) is 2. The standard InChI is InChI=1S/C30H37N3O4/c1-19(2)20-6-9-23-21(16-20)7-11-26-29(3,14-5-15-30(23,26)4)18-31-24-10-8-22(17-25(24)33(36)37)32-27(34)12-13-28(32)35/h6,8-10,16-17,19,26,31H,5,7,11-15,18H2,1-4H3/t26-,29-,30+/m1/s1. The molecule has 0 bridgehead atoms. The number of nitrogens with one attached hydrogen (secondary N) is 1. The third kappa shape index (κ3) is 4.32. The molecule has 0 aromatic heterocycles. The number of rotatable bonds is 6. The van der Waals surface area contributed by atoms with Crippen LogP contribution in [0.15, 0.2) is 36.4 Å². The molecule has 2 amide bonds. The molecule has 7 heteroatoms. The lowest BCUT2D eigenvalue weighted by Crippen LogP contribution is -2.51. The number of carbonyl (C=O) groups excluding carboxylic acids is 2. The van der Waals surface area contributed by atoms with E-state index in [0.717, 1.165) is 37.0 Å². The van der Waals surface area contributed by atoms with Crippen LogP contribution in [0.25, 0.3) is 0 Å². The molecule has 1 heterocycles. The van der Waals surface area contributed by atoms with Crippen molar-refractivity contribution >= 4 is 28.9 Å². The van der Waals surface area contributed by atoms with Crippen molar-refractivity contribution in [3.63, 3.8) is 0 Å². The van der Waals surface area contributed by atoms with Gasteiger partial charge in [-0.2, -0.15) is 0 Å². The molecule has 3 aliphatic rings. The van der Waals surface area contributed by atoms with Crippen LogP contribution < -0.4 is 10.2 Å². The molecule has 0 radical (unpaired) electrons. The number of aryl methyl sites for hydroxylation is 1. The van der Waals surface area contributed by atoms with Crippen LogP contribution in [0.2, 0.25) is 0 Å². The Morgan fingerprint density at radius 3 is 2.46 bits per heavy atom. The van der Waals surface area contributed by atoms with Gasteiger partial charge in [0.15, 0.2) is 0 Å². The van der Waals surface area contributed by atoms with Gasteiger partial charge in [0.2, 0.25) is 11.8 Å². The number of imide groups is 1. The van der Waals surface area contributed by atoms with Crippen molar-refractivity contribution in [2.24, 2.45) is 11.3 Å². The third-order valence-electron chi connectivity index (χ3n) is 9.34. The van der Waals surface area contributed by atoms with Crippen LogP contribution in [0.5, 0.6) is 0 Å². The number of amides is 2. The number of fused-ring (bicyclic) bond motifs is 3. The minimum atomic E-state index is -0.437. The molecule has 1 saturated carbocycles. The largest absolute Gasteiger partial charge is 0.379 e. The number of nitro benzene ring substituents is 1. The minimum absolute atomic E-state index is 0.0190. The maximum Gasteiger partial charge on any atom is 0.294 e. The zero-order valence-electron chi connectivity index (χ0n) is 22.3. The Balaban J connectivity index is 1.40. The van der Waals surface area contributed by atoms with Crippen molar-refractivity contribution in [1.29, 1.82) is 0 Å². The van der Waals surface area contributed by atoms with Crippen molar-refractivity contribution in [3.8, 4) is 0 Å². The highest BCUT2D eigenvalue weighted by Gasteiger charge is 2.51. The molecule has 3 atom stereocenters. The van der Waals surface area contributed by atoms with Crippen LogP contribution in [-0.2, 0) is 21.4 Å². The van der Waals surface area contributed by atoms with E-state index in [9.17, 15) is 19.7 Å². The lowest BCUT2D eigenvalue weighted by atomic mass is 9.49. The maximum absolute atomic E-state index is 12.1. The van der Waals surface area contributed by atoms with Gasteiger partial charge in [-0.1, -0.05) is 52.3 Å². The molecular formula is C30H37N3O4. The lowest BCUT2D eigenvalue weighted by Gasteiger charge is -2.55. The fourth-order valence-corrected chi connectivity index (χ4v) is 7.34. The average molecular weight is 504 g/mol. The third-order valence-corrected chi connectivity index (χ3v) is 9.34. The van der Waals surface area contributed by atoms with Crippen LogP contribution in [0.3, 0.4) is 0 Å². The van der Waals surface area contributed by atoms with Gasteiger partial charge in [0.1, 0.15) is 5.69 Å². The van der Waals surface area contributed by atoms with Crippen LogP contribution in [-0.4, -0.2) is 23.3 Å². The Hall–Kier alpha value is -3.22. The second-order valence-corrected chi connectivity index (χ2v) is 12.0. The first-order chi connectivity index (χ1) is 17.5. The van der Waals surface area contributed by atoms with Gasteiger partial charge in [-0.05, 0) is 77.2 Å². The summed E-state index contributed by atoms with van der Waals surface area (Å²) < 4.78 is 0. The molecule has 0 unspecified atom stereocenters. The smallest absolute Gasteiger partial charge is 0.294 e. The molecule has 2 aromatic carbocycles. The first kappa shape index (κ1) is 25.4. The predicted octanol–water partition coefficient (Wildman–Crippen LogP) is 6.49. The van der Waals surface area contributed by atoms with E-state index in [2.05, 4.69) is 51.2 Å². The molecule has 196 valence electrons. The lowest BCUT2D eigenvalue weighted by molar-refractivity contribution is -0.383. The predicted molar refractivity (Wildman–Crippen MR) is 145 cm³/mol. The van der Waals surface area contributed by atoms with Crippen LogP contribution in [0.1, 0.15) is 88.8 Å². The molecule has 7 nitrogen and oxygen atoms in total. The quantitative estimate of drug-likeness (QED) is 0.276. The average Bonchev–Trinajstić information content (AvgIpc) is 3.20. The summed E-state index contributed by atoms with van der Waals surface area (Å²) in [5.41, 5.74) is 5.02. The van der Waals surface area contributed by atoms with Gasteiger partial charge in [0.25, 0.3) is 5.69 Å². The molecule has 0 spiro atoms. The Bertz CT molecular complexity index is 1260. The van der Waals surface area contributed by atoms with Gasteiger partial charge in [0, 0.05) is 25.5 Å². The molecule has 2 aromatic rings. The SMILES string of the molecule is CC(C)c1ccc2c(c1)CC[C@@H]1[C@@](C)(CNc3ccc(N4C(=O)CCC4=O)cc3[N+](=O)[O-])CCC[C@@]21C. The summed E-state index contributed by atoms with van der Waals surface area (Å²) in [5, 5.41) is 15.4. The van der Waals surface area contributed by atoms with Gasteiger partial charge < -0.3 is 5.32 Å². The summed E-state index contributed by atoms with van der Waals surface area (Å²) in [6.45, 7) is 9.87. The molecule has 1 saturated heterocycles. The Kier molecular flexibility index (Phi) is 6.37. The summed E-state index contributed by atoms with van der Waals surface area (Å²) in [4.78, 5) is 36.9. The van der Waals surface area contributed by atoms with E-state index >= 15 is 0 Å². The molecule has 37 heavy (non-hydrogen) atoms. The van der Waals surface area contributed by atoms with Crippen LogP contribution in [0, 0.1) is 21.4 Å². The number of carbonyl (C=O) groups is 2. The summed E-state index contributed by atoms with van der Waals surface area (Å²) in [5.74, 6) is 0.358. The Morgan fingerprint density at radius 1 is 1.05 bits per heavy atom. The number of anilines is 2. The Labute approximate surface area is 218 Å². The van der Waals surface area contributed by atoms with Gasteiger partial charge in [0.05, 0.1) is 10.6 Å². The Morgan fingerprint density at radius 2 is 1.78 bits per heavy atom. The van der Waals surface area contributed by atoms with E-state index in [1.54, 1.807) is 12.1 Å². The van der Waals surface area contributed by atoms with Crippen molar-refractivity contribution in [2.45, 2.75) is 84.0 Å². The number of hydrogen-bond acceptors (Lipinski definition) is 5. The zero-order chi connectivity index (χ0) is 26.5. The normalized spacial score (nSPS) is 27.3. The monoisotopic (exact) mass is 503 g/mol. The summed E-state index contributed by atoms with van der Waals surface area (Å²) in [6.07, 6.45) is 5.83. The molecule has 1 aliphatic heterocycles. The van der Waals surface area contributed by atoms with Crippen LogP contribution >= 0.6 is 0 Å². The van der Waals surface area contributed by atoms with E-state index < -0.39 is 4.92 Å². The summed E-state index contributed by atoms with van der Waals surface area (Å²) in [6, 6.07) is 11.7. The maximum atomic E-state index is 12.1. The van der Waals surface area contributed by atoms with Crippen molar-refractivity contribution in [1.82, 2.24) is 0 Å². The molecule has 5 rings (SSSR count). The van der Waals surface area contributed by atoms with E-state index in [4.69, 9.17) is 0 Å². The molecule has 1 N–H and O–H groups in total. The van der Waals surface area contributed by atoms with Gasteiger partial charge in [-0.25, -0.2) is 0 Å². The second-order valence-electron chi connectivity index (χ2n) is 12.0. The molecule has 2 fully saturated rings. The second kappa shape index (κ2) is 9.26. The number of benzene rings is 2. The highest BCUT2D eigenvalue weighted by Crippen LogP contribution is 2.57. The van der Waals surface area contributed by atoms with E-state index in [1.165, 1.54) is 22.8 Å². The van der Waals surface area contributed by atoms with Gasteiger partial charge in [-0.3, -0.25) is 24.6 Å². The minimum Gasteiger partial charge on any atom is -0.379 e. The van der Waals surface area contributed by atoms with Gasteiger partial charge >= 0.3 is 0 Å². The van der Waals surface area contributed by atoms with Crippen molar-refractivity contribution < 1.29 is 14.5 Å². The fourth-order valence-electron chi connectivity index (χ4n) is 7.34. The van der Waals surface area contributed by atoms with Crippen LogP contribution in [0.4, 0.5) is 17.1 Å². The fraction of sp³-hybridized carbons (Fsp3) is 0.533. The summed E-state index contributed by atoms with van der Waals surface area (Å²) in [7, 11) is 0. The van der Waals surface area contributed by atoms with Crippen molar-refractivity contribution in [2.75, 3.05) is 16.8 Å². The highest BCUT2D eigenvalue weighted by molar-refractivity contribution is 6.20. The van der Waals surface area contributed by atoms with E-state index in [-0.39, 0.29) is 46.9 Å². The van der Waals surface area contributed by atoms with E-state index in [0.29, 0.717) is 24.1 Å². The van der Waals surface area contributed by atoms with Gasteiger partial charge in [-0.15, -0.1) is 0 Å². The van der Waals surface area contributed by atoms with Crippen molar-refractivity contribution in [3.05, 3.63) is 63.2 Å². The number of hydrogen-bond donors (Lipinski definition) is 1. The van der Waals surface area contributed by atoms with E-state index in [1.807, 2.05) is 0 Å². The zero-order valence-corrected chi connectivity index (χ0v) is 22.3.